The van der Waals surface area contributed by atoms with Crippen molar-refractivity contribution in [3.05, 3.63) is 40.2 Å². The quantitative estimate of drug-likeness (QED) is 0.604. The van der Waals surface area contributed by atoms with Crippen LogP contribution in [0.1, 0.15) is 30.9 Å². The number of hydrogen-bond acceptors (Lipinski definition) is 5. The Hall–Kier alpha value is -1.53. The molecular weight excluding hydrogens is 232 g/mol. The molecule has 2 fully saturated rings. The van der Waals surface area contributed by atoms with Gasteiger partial charge in [-0.15, -0.1) is 0 Å². The van der Waals surface area contributed by atoms with Crippen LogP contribution in [0.3, 0.4) is 0 Å². The highest BCUT2D eigenvalue weighted by molar-refractivity contribution is 5.19. The van der Waals surface area contributed by atoms with Gasteiger partial charge in [0.05, 0.1) is 6.04 Å². The summed E-state index contributed by atoms with van der Waals surface area (Å²) in [4.78, 5) is 14.8. The molecule has 6 nitrogen and oxygen atoms in total. The zero-order valence-electron chi connectivity index (χ0n) is 9.95. The maximum absolute atomic E-state index is 10.9. The number of fused-ring (bicyclic) bond motifs is 1. The van der Waals surface area contributed by atoms with Gasteiger partial charge in [-0.3, -0.25) is 20.5 Å². The molecule has 4 atom stereocenters. The molecule has 0 spiro atoms. The minimum atomic E-state index is -0.391. The van der Waals surface area contributed by atoms with Gasteiger partial charge in [-0.05, 0) is 24.1 Å². The molecule has 0 amide bonds. The van der Waals surface area contributed by atoms with Crippen LogP contribution >= 0.6 is 0 Å². The van der Waals surface area contributed by atoms with E-state index < -0.39 is 6.04 Å². The van der Waals surface area contributed by atoms with E-state index >= 15 is 0 Å². The van der Waals surface area contributed by atoms with E-state index in [9.17, 15) is 10.1 Å². The largest absolute Gasteiger partial charge is 0.265 e. The summed E-state index contributed by atoms with van der Waals surface area (Å²) in [7, 11) is 0. The van der Waals surface area contributed by atoms with Gasteiger partial charge < -0.3 is 0 Å². The highest BCUT2D eigenvalue weighted by Crippen LogP contribution is 2.38. The predicted molar refractivity (Wildman–Crippen MR) is 65.2 cm³/mol. The van der Waals surface area contributed by atoms with Gasteiger partial charge >= 0.3 is 0 Å². The Balaban J connectivity index is 1.80. The smallest absolute Gasteiger partial charge is 0.213 e. The van der Waals surface area contributed by atoms with Crippen molar-refractivity contribution in [2.45, 2.75) is 37.4 Å². The molecule has 18 heavy (non-hydrogen) atoms. The molecule has 0 bridgehead atoms. The van der Waals surface area contributed by atoms with Crippen LogP contribution in [0.4, 0.5) is 0 Å². The molecule has 4 unspecified atom stereocenters. The van der Waals surface area contributed by atoms with E-state index in [1.54, 1.807) is 12.4 Å². The molecule has 1 aromatic heterocycles. The Kier molecular flexibility index (Phi) is 2.97. The van der Waals surface area contributed by atoms with Crippen LogP contribution in [0.15, 0.2) is 24.5 Å². The first-order valence-corrected chi connectivity index (χ1v) is 6.30. The zero-order valence-corrected chi connectivity index (χ0v) is 9.95. The lowest BCUT2D eigenvalue weighted by molar-refractivity contribution is -0.528. The average molecular weight is 248 g/mol. The lowest BCUT2D eigenvalue weighted by atomic mass is 9.77. The number of nitrogens with zero attached hydrogens (tertiary/aromatic N) is 2. The van der Waals surface area contributed by atoms with E-state index in [4.69, 9.17) is 0 Å². The summed E-state index contributed by atoms with van der Waals surface area (Å²) in [5.41, 5.74) is 7.69. The third-order valence-electron chi connectivity index (χ3n) is 4.09. The van der Waals surface area contributed by atoms with E-state index in [-0.39, 0.29) is 16.9 Å². The minimum Gasteiger partial charge on any atom is -0.265 e. The highest BCUT2D eigenvalue weighted by atomic mass is 16.6. The first kappa shape index (κ1) is 11.6. The second kappa shape index (κ2) is 4.62. The van der Waals surface area contributed by atoms with E-state index in [1.165, 1.54) is 0 Å². The van der Waals surface area contributed by atoms with Gasteiger partial charge in [0.1, 0.15) is 0 Å². The summed E-state index contributed by atoms with van der Waals surface area (Å²) in [5, 5.41) is 10.9. The fraction of sp³-hybridized carbons (Fsp3) is 0.583. The summed E-state index contributed by atoms with van der Waals surface area (Å²) >= 11 is 0. The van der Waals surface area contributed by atoms with Crippen molar-refractivity contribution in [1.29, 1.82) is 0 Å². The molecule has 96 valence electrons. The highest BCUT2D eigenvalue weighted by Gasteiger charge is 2.44. The first-order chi connectivity index (χ1) is 8.75. The molecule has 2 heterocycles. The SMILES string of the molecule is O=[N+]([O-])C1CCC2NNC(c3ccncc3)C2C1. The van der Waals surface area contributed by atoms with Crippen molar-refractivity contribution >= 4 is 0 Å². The van der Waals surface area contributed by atoms with Gasteiger partial charge in [-0.2, -0.15) is 0 Å². The third-order valence-corrected chi connectivity index (χ3v) is 4.09. The summed E-state index contributed by atoms with van der Waals surface area (Å²) < 4.78 is 0. The summed E-state index contributed by atoms with van der Waals surface area (Å²) in [6, 6.07) is 4.05. The van der Waals surface area contributed by atoms with E-state index in [0.29, 0.717) is 18.9 Å². The zero-order chi connectivity index (χ0) is 12.5. The molecule has 3 rings (SSSR count). The predicted octanol–water partition coefficient (Wildman–Crippen LogP) is 1.04. The third kappa shape index (κ3) is 1.97. The Labute approximate surface area is 105 Å². The Bertz CT molecular complexity index is 439. The van der Waals surface area contributed by atoms with Crippen molar-refractivity contribution in [1.82, 2.24) is 15.8 Å². The molecule has 1 saturated heterocycles. The maximum Gasteiger partial charge on any atom is 0.213 e. The van der Waals surface area contributed by atoms with Crippen LogP contribution in [0.2, 0.25) is 0 Å². The summed E-state index contributed by atoms with van der Waals surface area (Å²) in [5.74, 6) is 0.288. The van der Waals surface area contributed by atoms with E-state index in [0.717, 1.165) is 12.0 Å². The van der Waals surface area contributed by atoms with Gasteiger partial charge in [0.15, 0.2) is 0 Å². The van der Waals surface area contributed by atoms with Gasteiger partial charge in [-0.1, -0.05) is 0 Å². The molecule has 2 N–H and O–H groups in total. The molecule has 1 aliphatic carbocycles. The van der Waals surface area contributed by atoms with Crippen LogP contribution < -0.4 is 10.9 Å². The molecule has 1 aromatic rings. The second-order valence-electron chi connectivity index (χ2n) is 5.07. The van der Waals surface area contributed by atoms with Gasteiger partial charge in [0.25, 0.3) is 0 Å². The number of nitro groups is 1. The van der Waals surface area contributed by atoms with Gasteiger partial charge in [0.2, 0.25) is 6.04 Å². The lowest BCUT2D eigenvalue weighted by Crippen LogP contribution is -2.39. The number of rotatable bonds is 2. The average Bonchev–Trinajstić information content (AvgIpc) is 2.82. The van der Waals surface area contributed by atoms with Crippen LogP contribution in [-0.4, -0.2) is 22.0 Å². The fourth-order valence-corrected chi connectivity index (χ4v) is 3.13. The number of hydrazine groups is 1. The normalized spacial score (nSPS) is 35.1. The van der Waals surface area contributed by atoms with Crippen LogP contribution in [0.5, 0.6) is 0 Å². The Morgan fingerprint density at radius 3 is 2.78 bits per heavy atom. The monoisotopic (exact) mass is 248 g/mol. The maximum atomic E-state index is 10.9. The van der Waals surface area contributed by atoms with E-state index in [2.05, 4.69) is 15.8 Å². The van der Waals surface area contributed by atoms with Gasteiger partial charge in [-0.25, -0.2) is 5.43 Å². The first-order valence-electron chi connectivity index (χ1n) is 6.30. The number of nitrogens with one attached hydrogen (secondary N) is 2. The van der Waals surface area contributed by atoms with Crippen molar-refractivity contribution in [2.75, 3.05) is 0 Å². The molecule has 1 saturated carbocycles. The molecule has 0 radical (unpaired) electrons. The summed E-state index contributed by atoms with van der Waals surface area (Å²) in [6.45, 7) is 0. The Morgan fingerprint density at radius 2 is 2.06 bits per heavy atom. The van der Waals surface area contributed by atoms with Crippen LogP contribution in [0, 0.1) is 16.0 Å². The number of aromatic nitrogens is 1. The molecule has 1 aliphatic heterocycles. The van der Waals surface area contributed by atoms with Crippen LogP contribution in [0.25, 0.3) is 0 Å². The lowest BCUT2D eigenvalue weighted by Gasteiger charge is -2.29. The summed E-state index contributed by atoms with van der Waals surface area (Å²) in [6.07, 6.45) is 5.71. The van der Waals surface area contributed by atoms with E-state index in [1.807, 2.05) is 12.1 Å². The van der Waals surface area contributed by atoms with Crippen LogP contribution in [-0.2, 0) is 0 Å². The fourth-order valence-electron chi connectivity index (χ4n) is 3.13. The number of hydrogen-bond donors (Lipinski definition) is 2. The minimum absolute atomic E-state index is 0.127. The number of pyridine rings is 1. The molecule has 0 aromatic carbocycles. The van der Waals surface area contributed by atoms with Crippen molar-refractivity contribution in [2.24, 2.45) is 5.92 Å². The standard InChI is InChI=1S/C12H16N4O2/c17-16(18)9-1-2-11-10(7-9)12(15-14-11)8-3-5-13-6-4-8/h3-6,9-12,14-15H,1-2,7H2. The topological polar surface area (TPSA) is 80.1 Å². The molecular formula is C12H16N4O2. The molecule has 6 heteroatoms. The van der Waals surface area contributed by atoms with Crippen molar-refractivity contribution in [3.8, 4) is 0 Å². The second-order valence-corrected chi connectivity index (χ2v) is 5.07. The van der Waals surface area contributed by atoms with Crippen molar-refractivity contribution < 1.29 is 4.92 Å². The Morgan fingerprint density at radius 1 is 1.28 bits per heavy atom. The molecule has 2 aliphatic rings. The van der Waals surface area contributed by atoms with Gasteiger partial charge in [0, 0.05) is 42.1 Å². The van der Waals surface area contributed by atoms with Crippen molar-refractivity contribution in [3.63, 3.8) is 0 Å².